The van der Waals surface area contributed by atoms with Crippen molar-refractivity contribution in [2.75, 3.05) is 33.2 Å². The van der Waals surface area contributed by atoms with E-state index in [4.69, 9.17) is 0 Å². The largest absolute Gasteiger partial charge is 0.317 e. The fourth-order valence-corrected chi connectivity index (χ4v) is 3.11. The molecule has 0 saturated carbocycles. The molecule has 0 aromatic carbocycles. The Hall–Kier alpha value is -0.120. The fraction of sp³-hybridized carbons (Fsp3) is 1.00. The van der Waals surface area contributed by atoms with E-state index >= 15 is 0 Å². The molecule has 2 saturated heterocycles. The Bertz CT molecular complexity index is 199. The van der Waals surface area contributed by atoms with Crippen LogP contribution in [-0.4, -0.2) is 61.2 Å². The number of nitrogens with zero attached hydrogens (tertiary/aromatic N) is 2. The minimum absolute atomic E-state index is 0.708. The Balaban J connectivity index is 1.93. The average Bonchev–Trinajstić information content (AvgIpc) is 2.53. The maximum Gasteiger partial charge on any atom is 0.0195 e. The number of likely N-dealkylation sites (N-methyl/N-ethyl adjacent to an activating group) is 1. The molecule has 2 heterocycles. The molecule has 0 aliphatic carbocycles. The molecular formula is C13H27N3. The van der Waals surface area contributed by atoms with E-state index < -0.39 is 0 Å². The SMILES string of the molecule is CC1CN(C2CCCNCC2)CC(C)N1C. The van der Waals surface area contributed by atoms with Gasteiger partial charge in [-0.1, -0.05) is 0 Å². The van der Waals surface area contributed by atoms with Gasteiger partial charge in [-0.05, 0) is 53.2 Å². The van der Waals surface area contributed by atoms with Crippen molar-refractivity contribution in [3.8, 4) is 0 Å². The van der Waals surface area contributed by atoms with Gasteiger partial charge < -0.3 is 5.32 Å². The third kappa shape index (κ3) is 2.76. The van der Waals surface area contributed by atoms with Crippen LogP contribution < -0.4 is 5.32 Å². The van der Waals surface area contributed by atoms with Crippen molar-refractivity contribution in [1.82, 2.24) is 15.1 Å². The summed E-state index contributed by atoms with van der Waals surface area (Å²) in [6.07, 6.45) is 4.07. The summed E-state index contributed by atoms with van der Waals surface area (Å²) in [7, 11) is 2.27. The van der Waals surface area contributed by atoms with E-state index in [9.17, 15) is 0 Å². The summed E-state index contributed by atoms with van der Waals surface area (Å²) in [5, 5.41) is 3.51. The van der Waals surface area contributed by atoms with Crippen molar-refractivity contribution in [1.29, 1.82) is 0 Å². The summed E-state index contributed by atoms with van der Waals surface area (Å²) in [5.74, 6) is 0. The first-order valence-corrected chi connectivity index (χ1v) is 6.85. The third-order valence-electron chi connectivity index (χ3n) is 4.45. The minimum Gasteiger partial charge on any atom is -0.317 e. The highest BCUT2D eigenvalue weighted by Crippen LogP contribution is 2.20. The molecule has 3 heteroatoms. The van der Waals surface area contributed by atoms with Gasteiger partial charge in [-0.15, -0.1) is 0 Å². The van der Waals surface area contributed by atoms with Crippen LogP contribution in [0.25, 0.3) is 0 Å². The monoisotopic (exact) mass is 225 g/mol. The van der Waals surface area contributed by atoms with Gasteiger partial charge in [0, 0.05) is 31.2 Å². The Kier molecular flexibility index (Phi) is 4.22. The van der Waals surface area contributed by atoms with Gasteiger partial charge >= 0.3 is 0 Å². The Morgan fingerprint density at radius 2 is 1.69 bits per heavy atom. The van der Waals surface area contributed by atoms with Crippen molar-refractivity contribution in [2.24, 2.45) is 0 Å². The summed E-state index contributed by atoms with van der Waals surface area (Å²) < 4.78 is 0. The zero-order valence-electron chi connectivity index (χ0n) is 11.1. The normalized spacial score (nSPS) is 39.6. The molecule has 0 radical (unpaired) electrons. The molecular weight excluding hydrogens is 198 g/mol. The van der Waals surface area contributed by atoms with E-state index in [0.29, 0.717) is 12.1 Å². The smallest absolute Gasteiger partial charge is 0.0195 e. The average molecular weight is 225 g/mol. The van der Waals surface area contributed by atoms with Gasteiger partial charge in [0.05, 0.1) is 0 Å². The predicted molar refractivity (Wildman–Crippen MR) is 68.8 cm³/mol. The molecule has 3 nitrogen and oxygen atoms in total. The second-order valence-electron chi connectivity index (χ2n) is 5.65. The number of piperazine rings is 1. The summed E-state index contributed by atoms with van der Waals surface area (Å²) in [6, 6.07) is 2.24. The van der Waals surface area contributed by atoms with Gasteiger partial charge in [-0.3, -0.25) is 9.80 Å². The van der Waals surface area contributed by atoms with E-state index in [1.807, 2.05) is 0 Å². The van der Waals surface area contributed by atoms with Crippen LogP contribution >= 0.6 is 0 Å². The highest BCUT2D eigenvalue weighted by atomic mass is 15.3. The molecule has 0 aromatic rings. The maximum atomic E-state index is 3.51. The molecule has 2 rings (SSSR count). The van der Waals surface area contributed by atoms with Gasteiger partial charge in [-0.2, -0.15) is 0 Å². The van der Waals surface area contributed by atoms with Crippen LogP contribution in [0.2, 0.25) is 0 Å². The van der Waals surface area contributed by atoms with Crippen LogP contribution in [0.4, 0.5) is 0 Å². The molecule has 16 heavy (non-hydrogen) atoms. The van der Waals surface area contributed by atoms with Crippen molar-refractivity contribution < 1.29 is 0 Å². The highest BCUT2D eigenvalue weighted by Gasteiger charge is 2.30. The predicted octanol–water partition coefficient (Wildman–Crippen LogP) is 1.15. The van der Waals surface area contributed by atoms with E-state index in [-0.39, 0.29) is 0 Å². The lowest BCUT2D eigenvalue weighted by Gasteiger charge is -2.45. The van der Waals surface area contributed by atoms with Crippen LogP contribution in [0.5, 0.6) is 0 Å². The first-order chi connectivity index (χ1) is 7.68. The molecule has 0 bridgehead atoms. The number of rotatable bonds is 1. The van der Waals surface area contributed by atoms with Crippen LogP contribution in [0.1, 0.15) is 33.1 Å². The van der Waals surface area contributed by atoms with Crippen molar-refractivity contribution in [2.45, 2.75) is 51.2 Å². The number of nitrogens with one attached hydrogen (secondary N) is 1. The standard InChI is InChI=1S/C13H27N3/c1-11-9-16(10-12(2)15(11)3)13-5-4-7-14-8-6-13/h11-14H,4-10H2,1-3H3. The summed E-state index contributed by atoms with van der Waals surface area (Å²) >= 11 is 0. The quantitative estimate of drug-likeness (QED) is 0.722. The Labute approximate surface area is 100 Å². The molecule has 3 atom stereocenters. The minimum atomic E-state index is 0.708. The summed E-state index contributed by atoms with van der Waals surface area (Å²) in [5.41, 5.74) is 0. The lowest BCUT2D eigenvalue weighted by molar-refractivity contribution is 0.0303. The van der Waals surface area contributed by atoms with Gasteiger partial charge in [0.25, 0.3) is 0 Å². The van der Waals surface area contributed by atoms with Gasteiger partial charge in [0.2, 0.25) is 0 Å². The van der Waals surface area contributed by atoms with Gasteiger partial charge in [-0.25, -0.2) is 0 Å². The zero-order chi connectivity index (χ0) is 11.5. The van der Waals surface area contributed by atoms with Gasteiger partial charge in [0.15, 0.2) is 0 Å². The highest BCUT2D eigenvalue weighted by molar-refractivity contribution is 4.87. The molecule has 0 aromatic heterocycles. The first-order valence-electron chi connectivity index (χ1n) is 6.85. The Morgan fingerprint density at radius 1 is 1.00 bits per heavy atom. The van der Waals surface area contributed by atoms with Crippen LogP contribution in [0.15, 0.2) is 0 Å². The van der Waals surface area contributed by atoms with Crippen molar-refractivity contribution in [3.63, 3.8) is 0 Å². The lowest BCUT2D eigenvalue weighted by Crippen LogP contribution is -2.57. The molecule has 2 fully saturated rings. The molecule has 2 aliphatic rings. The van der Waals surface area contributed by atoms with Crippen LogP contribution in [0.3, 0.4) is 0 Å². The maximum absolute atomic E-state index is 3.51. The van der Waals surface area contributed by atoms with E-state index in [1.54, 1.807) is 0 Å². The van der Waals surface area contributed by atoms with Crippen LogP contribution in [0, 0.1) is 0 Å². The van der Waals surface area contributed by atoms with Gasteiger partial charge in [0.1, 0.15) is 0 Å². The molecule has 0 amide bonds. The Morgan fingerprint density at radius 3 is 2.38 bits per heavy atom. The van der Waals surface area contributed by atoms with E-state index in [1.165, 1.54) is 45.4 Å². The van der Waals surface area contributed by atoms with E-state index in [0.717, 1.165) is 6.04 Å². The molecule has 2 aliphatic heterocycles. The second kappa shape index (κ2) is 5.48. The molecule has 1 N–H and O–H groups in total. The van der Waals surface area contributed by atoms with Crippen LogP contribution in [-0.2, 0) is 0 Å². The van der Waals surface area contributed by atoms with Crippen molar-refractivity contribution >= 4 is 0 Å². The zero-order valence-corrected chi connectivity index (χ0v) is 11.1. The topological polar surface area (TPSA) is 18.5 Å². The number of hydrogen-bond acceptors (Lipinski definition) is 3. The van der Waals surface area contributed by atoms with Crippen molar-refractivity contribution in [3.05, 3.63) is 0 Å². The number of hydrogen-bond donors (Lipinski definition) is 1. The van der Waals surface area contributed by atoms with E-state index in [2.05, 4.69) is 36.0 Å². The first kappa shape index (κ1) is 12.3. The third-order valence-corrected chi connectivity index (χ3v) is 4.45. The summed E-state index contributed by atoms with van der Waals surface area (Å²) in [4.78, 5) is 5.26. The fourth-order valence-electron chi connectivity index (χ4n) is 3.11. The molecule has 3 unspecified atom stereocenters. The lowest BCUT2D eigenvalue weighted by atomic mass is 10.0. The summed E-state index contributed by atoms with van der Waals surface area (Å²) in [6.45, 7) is 9.65. The molecule has 0 spiro atoms. The second-order valence-corrected chi connectivity index (χ2v) is 5.65. The molecule has 94 valence electrons.